The molecule has 1 aliphatic rings. The predicted octanol–water partition coefficient (Wildman–Crippen LogP) is 1.32. The number of ketones is 1. The molecule has 13 heavy (non-hydrogen) atoms. The second-order valence-electron chi connectivity index (χ2n) is 3.61. The maximum Gasteiger partial charge on any atom is 0.160 e. The minimum Gasteiger partial charge on any atom is -0.299 e. The minimum atomic E-state index is -3.12. The van der Waals surface area contributed by atoms with Gasteiger partial charge in [-0.05, 0) is 12.8 Å². The summed E-state index contributed by atoms with van der Waals surface area (Å²) >= 11 is 0. The van der Waals surface area contributed by atoms with Gasteiger partial charge in [-0.3, -0.25) is 4.79 Å². The number of hydrogen-bond acceptors (Lipinski definition) is 3. The molecule has 1 fully saturated rings. The number of hydrogen-bond donors (Lipinski definition) is 0. The van der Waals surface area contributed by atoms with Crippen molar-refractivity contribution in [3.63, 3.8) is 0 Å². The van der Waals surface area contributed by atoms with Gasteiger partial charge in [0.05, 0.1) is 5.25 Å². The fraction of sp³-hybridized carbons (Fsp3) is 0.889. The quantitative estimate of drug-likeness (QED) is 0.694. The van der Waals surface area contributed by atoms with Crippen LogP contribution in [0.2, 0.25) is 0 Å². The van der Waals surface area contributed by atoms with Gasteiger partial charge in [0.2, 0.25) is 0 Å². The van der Waals surface area contributed by atoms with Crippen molar-refractivity contribution in [3.8, 4) is 0 Å². The van der Waals surface area contributed by atoms with Crippen LogP contribution in [0.3, 0.4) is 0 Å². The van der Waals surface area contributed by atoms with E-state index >= 15 is 0 Å². The lowest BCUT2D eigenvalue weighted by Crippen LogP contribution is -2.25. The van der Waals surface area contributed by atoms with E-state index in [1.54, 1.807) is 6.92 Å². The molecule has 0 saturated heterocycles. The molecule has 0 heterocycles. The van der Waals surface area contributed by atoms with Crippen molar-refractivity contribution in [1.82, 2.24) is 0 Å². The van der Waals surface area contributed by atoms with Gasteiger partial charge >= 0.3 is 0 Å². The van der Waals surface area contributed by atoms with Crippen molar-refractivity contribution in [2.24, 2.45) is 0 Å². The molecule has 0 N–H and O–H groups in total. The molecule has 76 valence electrons. The summed E-state index contributed by atoms with van der Waals surface area (Å²) in [5.74, 6) is -0.402. The Balaban J connectivity index is 2.60. The third-order valence-electron chi connectivity index (χ3n) is 2.57. The van der Waals surface area contributed by atoms with E-state index in [1.807, 2.05) is 0 Å². The maximum atomic E-state index is 11.6. The van der Waals surface area contributed by atoms with E-state index in [0.717, 1.165) is 25.7 Å². The second kappa shape index (κ2) is 4.22. The van der Waals surface area contributed by atoms with Gasteiger partial charge in [0, 0.05) is 6.42 Å². The Morgan fingerprint density at radius 1 is 1.31 bits per heavy atom. The molecule has 0 spiro atoms. The summed E-state index contributed by atoms with van der Waals surface area (Å²) in [5, 5.41) is -0.233. The van der Waals surface area contributed by atoms with Crippen LogP contribution >= 0.6 is 0 Å². The number of carbonyl (C=O) groups is 1. The number of carbonyl (C=O) groups excluding carboxylic acids is 1. The Morgan fingerprint density at radius 2 is 1.85 bits per heavy atom. The molecule has 0 aliphatic heterocycles. The highest BCUT2D eigenvalue weighted by molar-refractivity contribution is 7.92. The molecule has 3 nitrogen and oxygen atoms in total. The molecule has 0 aromatic carbocycles. The van der Waals surface area contributed by atoms with Gasteiger partial charge in [0.15, 0.2) is 9.84 Å². The molecular weight excluding hydrogens is 188 g/mol. The molecule has 0 atom stereocenters. The third kappa shape index (κ3) is 2.79. The zero-order chi connectivity index (χ0) is 9.90. The molecule has 4 heteroatoms. The average Bonchev–Trinajstić information content (AvgIpc) is 2.55. The molecule has 0 unspecified atom stereocenters. The topological polar surface area (TPSA) is 51.2 Å². The summed E-state index contributed by atoms with van der Waals surface area (Å²) in [6, 6.07) is 0. The zero-order valence-corrected chi connectivity index (χ0v) is 8.77. The van der Waals surface area contributed by atoms with Crippen molar-refractivity contribution >= 4 is 15.6 Å². The normalized spacial score (nSPS) is 19.2. The van der Waals surface area contributed by atoms with E-state index in [1.165, 1.54) is 0 Å². The van der Waals surface area contributed by atoms with Crippen molar-refractivity contribution in [2.45, 2.75) is 44.3 Å². The van der Waals surface area contributed by atoms with Crippen LogP contribution < -0.4 is 0 Å². The van der Waals surface area contributed by atoms with Gasteiger partial charge in [-0.1, -0.05) is 19.8 Å². The lowest BCUT2D eigenvalue weighted by Gasteiger charge is -2.09. The van der Waals surface area contributed by atoms with Crippen LogP contribution in [0.15, 0.2) is 0 Å². The molecule has 1 aliphatic carbocycles. The first-order chi connectivity index (χ1) is 6.06. The second-order valence-corrected chi connectivity index (χ2v) is 5.89. The van der Waals surface area contributed by atoms with Crippen molar-refractivity contribution in [1.29, 1.82) is 0 Å². The van der Waals surface area contributed by atoms with Crippen molar-refractivity contribution in [2.75, 3.05) is 5.75 Å². The lowest BCUT2D eigenvalue weighted by atomic mass is 10.3. The lowest BCUT2D eigenvalue weighted by molar-refractivity contribution is -0.116. The first-order valence-corrected chi connectivity index (χ1v) is 6.51. The summed E-state index contributed by atoms with van der Waals surface area (Å²) in [5.41, 5.74) is 0. The monoisotopic (exact) mass is 204 g/mol. The van der Waals surface area contributed by atoms with Crippen LogP contribution in [-0.4, -0.2) is 25.2 Å². The first-order valence-electron chi connectivity index (χ1n) is 4.79. The fourth-order valence-electron chi connectivity index (χ4n) is 1.69. The number of sulfone groups is 1. The molecule has 0 aromatic rings. The summed E-state index contributed by atoms with van der Waals surface area (Å²) in [6.07, 6.45) is 3.80. The van der Waals surface area contributed by atoms with Crippen LogP contribution in [0, 0.1) is 0 Å². The summed E-state index contributed by atoms with van der Waals surface area (Å²) in [7, 11) is -3.12. The molecular formula is C9H16O3S. The SMILES string of the molecule is CCC(=O)CS(=O)(=O)C1CCCC1. The van der Waals surface area contributed by atoms with Gasteiger partial charge in [-0.2, -0.15) is 0 Å². The standard InChI is InChI=1S/C9H16O3S/c1-2-8(10)7-13(11,12)9-5-3-4-6-9/h9H,2-7H2,1H3. The van der Waals surface area contributed by atoms with Crippen molar-refractivity contribution in [3.05, 3.63) is 0 Å². The Kier molecular flexibility index (Phi) is 3.47. The van der Waals surface area contributed by atoms with E-state index in [-0.39, 0.29) is 16.8 Å². The summed E-state index contributed by atoms with van der Waals surface area (Å²) < 4.78 is 23.2. The van der Waals surface area contributed by atoms with E-state index in [2.05, 4.69) is 0 Å². The molecule has 0 radical (unpaired) electrons. The van der Waals surface area contributed by atoms with Gasteiger partial charge in [0.1, 0.15) is 11.5 Å². The van der Waals surface area contributed by atoms with Gasteiger partial charge in [-0.25, -0.2) is 8.42 Å². The van der Waals surface area contributed by atoms with E-state index in [4.69, 9.17) is 0 Å². The Labute approximate surface area is 79.4 Å². The smallest absolute Gasteiger partial charge is 0.160 e. The van der Waals surface area contributed by atoms with Gasteiger partial charge in [-0.15, -0.1) is 0 Å². The van der Waals surface area contributed by atoms with Crippen LogP contribution in [0.5, 0.6) is 0 Å². The maximum absolute atomic E-state index is 11.6. The Bertz CT molecular complexity index is 273. The molecule has 0 amide bonds. The highest BCUT2D eigenvalue weighted by Gasteiger charge is 2.29. The fourth-order valence-corrected chi connectivity index (χ4v) is 3.63. The zero-order valence-electron chi connectivity index (χ0n) is 7.95. The molecule has 1 rings (SSSR count). The van der Waals surface area contributed by atoms with Crippen LogP contribution in [-0.2, 0) is 14.6 Å². The molecule has 0 aromatic heterocycles. The number of Topliss-reactive ketones (excluding diaryl/α,β-unsaturated/α-hetero) is 1. The van der Waals surface area contributed by atoms with Crippen LogP contribution in [0.25, 0.3) is 0 Å². The van der Waals surface area contributed by atoms with E-state index in [9.17, 15) is 13.2 Å². The predicted molar refractivity (Wildman–Crippen MR) is 51.3 cm³/mol. The molecule has 1 saturated carbocycles. The highest BCUT2D eigenvalue weighted by atomic mass is 32.2. The highest BCUT2D eigenvalue weighted by Crippen LogP contribution is 2.25. The van der Waals surface area contributed by atoms with Gasteiger partial charge < -0.3 is 0 Å². The largest absolute Gasteiger partial charge is 0.299 e. The van der Waals surface area contributed by atoms with E-state index < -0.39 is 9.84 Å². The first kappa shape index (κ1) is 10.7. The van der Waals surface area contributed by atoms with Crippen molar-refractivity contribution < 1.29 is 13.2 Å². The Hall–Kier alpha value is -0.380. The minimum absolute atomic E-state index is 0.160. The molecule has 0 bridgehead atoms. The van der Waals surface area contributed by atoms with Crippen LogP contribution in [0.4, 0.5) is 0 Å². The number of rotatable bonds is 4. The van der Waals surface area contributed by atoms with Crippen LogP contribution in [0.1, 0.15) is 39.0 Å². The third-order valence-corrected chi connectivity index (χ3v) is 4.78. The summed E-state index contributed by atoms with van der Waals surface area (Å²) in [4.78, 5) is 11.0. The Morgan fingerprint density at radius 3 is 2.31 bits per heavy atom. The van der Waals surface area contributed by atoms with E-state index in [0.29, 0.717) is 6.42 Å². The average molecular weight is 204 g/mol. The summed E-state index contributed by atoms with van der Waals surface area (Å²) in [6.45, 7) is 1.70. The van der Waals surface area contributed by atoms with Gasteiger partial charge in [0.25, 0.3) is 0 Å².